The van der Waals surface area contributed by atoms with E-state index in [1.54, 1.807) is 24.3 Å². The number of nitrogens with one attached hydrogen (secondary N) is 4. The van der Waals surface area contributed by atoms with Crippen LogP contribution in [0.1, 0.15) is 41.6 Å². The lowest BCUT2D eigenvalue weighted by atomic mass is 10.00. The molecule has 4 rings (SSSR count). The van der Waals surface area contributed by atoms with Crippen LogP contribution in [0.25, 0.3) is 0 Å². The first-order chi connectivity index (χ1) is 15.3. The highest BCUT2D eigenvalue weighted by Crippen LogP contribution is 2.32. The first-order valence-corrected chi connectivity index (χ1v) is 10.6. The Labute approximate surface area is 184 Å². The van der Waals surface area contributed by atoms with Gasteiger partial charge in [0.2, 0.25) is 5.91 Å². The van der Waals surface area contributed by atoms with Gasteiger partial charge in [-0.3, -0.25) is 9.59 Å². The maximum absolute atomic E-state index is 13.0. The van der Waals surface area contributed by atoms with Crippen LogP contribution in [0.3, 0.4) is 0 Å². The molecule has 2 aliphatic heterocycles. The summed E-state index contributed by atoms with van der Waals surface area (Å²) in [5, 5.41) is 12.0. The Bertz CT molecular complexity index is 983. The molecule has 2 aromatic rings. The van der Waals surface area contributed by atoms with Crippen molar-refractivity contribution in [1.82, 2.24) is 16.0 Å². The molecule has 0 saturated carbocycles. The quantitative estimate of drug-likeness (QED) is 0.547. The van der Waals surface area contributed by atoms with Gasteiger partial charge in [0, 0.05) is 23.8 Å². The van der Waals surface area contributed by atoms with E-state index in [-0.39, 0.29) is 29.7 Å². The summed E-state index contributed by atoms with van der Waals surface area (Å²) in [4.78, 5) is 25.0. The van der Waals surface area contributed by atoms with Gasteiger partial charge in [-0.15, -0.1) is 0 Å². The number of carbonyl (C=O) groups excluding carboxylic acids is 2. The van der Waals surface area contributed by atoms with Gasteiger partial charge < -0.3 is 21.3 Å². The number of amides is 2. The lowest BCUT2D eigenvalue weighted by molar-refractivity contribution is -0.137. The van der Waals surface area contributed by atoms with Crippen molar-refractivity contribution in [2.24, 2.45) is 0 Å². The Hall–Kier alpha value is -3.07. The Morgan fingerprint density at radius 3 is 2.44 bits per heavy atom. The molecule has 2 amide bonds. The van der Waals surface area contributed by atoms with Crippen LogP contribution in [0, 0.1) is 0 Å². The number of para-hydroxylation sites is 1. The van der Waals surface area contributed by atoms with E-state index in [1.165, 1.54) is 12.1 Å². The second kappa shape index (κ2) is 9.20. The predicted octanol–water partition coefficient (Wildman–Crippen LogP) is 3.58. The van der Waals surface area contributed by atoms with E-state index < -0.39 is 17.6 Å². The molecule has 2 aliphatic rings. The van der Waals surface area contributed by atoms with Crippen molar-refractivity contribution in [3.8, 4) is 0 Å². The summed E-state index contributed by atoms with van der Waals surface area (Å²) in [6, 6.07) is 12.2. The van der Waals surface area contributed by atoms with Crippen LogP contribution in [0.2, 0.25) is 0 Å². The van der Waals surface area contributed by atoms with Crippen molar-refractivity contribution in [2.75, 3.05) is 11.9 Å². The number of anilines is 2. The summed E-state index contributed by atoms with van der Waals surface area (Å²) < 4.78 is 38.9. The van der Waals surface area contributed by atoms with Crippen molar-refractivity contribution in [3.05, 3.63) is 59.7 Å². The molecule has 0 spiro atoms. The average Bonchev–Trinajstić information content (AvgIpc) is 3.10. The normalized spacial score (nSPS) is 22.3. The van der Waals surface area contributed by atoms with Crippen molar-refractivity contribution in [3.63, 3.8) is 0 Å². The van der Waals surface area contributed by atoms with Crippen LogP contribution in [-0.2, 0) is 11.0 Å². The van der Waals surface area contributed by atoms with E-state index in [0.29, 0.717) is 17.8 Å². The standard InChI is InChI=1S/C23H25F3N4O2/c24-23(25,26)14-4-3-5-15(10-14)29-20-7-2-1-6-19(20)22(32)27-13-21(31)30-18-11-16-8-9-17(12-18)28-16/h1-7,10,16-18,28-29H,8-9,11-13H2,(H,27,32)(H,30,31)/t16-,17+,18+. The molecule has 6 nitrogen and oxygen atoms in total. The number of rotatable bonds is 6. The predicted molar refractivity (Wildman–Crippen MR) is 115 cm³/mol. The zero-order valence-electron chi connectivity index (χ0n) is 17.3. The van der Waals surface area contributed by atoms with Crippen molar-refractivity contribution in [1.29, 1.82) is 0 Å². The minimum Gasteiger partial charge on any atom is -0.355 e. The summed E-state index contributed by atoms with van der Waals surface area (Å²) in [6.07, 6.45) is -0.428. The molecule has 0 unspecified atom stereocenters. The van der Waals surface area contributed by atoms with Crippen molar-refractivity contribution >= 4 is 23.2 Å². The summed E-state index contributed by atoms with van der Waals surface area (Å²) in [5.41, 5.74) is 0.00287. The highest BCUT2D eigenvalue weighted by atomic mass is 19.4. The number of hydrogen-bond acceptors (Lipinski definition) is 4. The SMILES string of the molecule is O=C(CNC(=O)c1ccccc1Nc1cccc(C(F)(F)F)c1)N[C@H]1C[C@H]2CC[C@@H](C1)N2. The van der Waals surface area contributed by atoms with Gasteiger partial charge in [0.1, 0.15) is 0 Å². The van der Waals surface area contributed by atoms with Crippen LogP contribution in [0.4, 0.5) is 24.5 Å². The summed E-state index contributed by atoms with van der Waals surface area (Å²) >= 11 is 0. The van der Waals surface area contributed by atoms with Crippen LogP contribution in [0.15, 0.2) is 48.5 Å². The number of alkyl halides is 3. The second-order valence-corrected chi connectivity index (χ2v) is 8.31. The van der Waals surface area contributed by atoms with Crippen LogP contribution >= 0.6 is 0 Å². The number of benzene rings is 2. The molecule has 0 aliphatic carbocycles. The van der Waals surface area contributed by atoms with Gasteiger partial charge in [-0.1, -0.05) is 18.2 Å². The minimum absolute atomic E-state index is 0.105. The number of halogens is 3. The molecule has 2 fully saturated rings. The lowest BCUT2D eigenvalue weighted by Crippen LogP contribution is -2.50. The number of piperidine rings is 1. The monoisotopic (exact) mass is 446 g/mol. The highest BCUT2D eigenvalue weighted by Gasteiger charge is 2.34. The third kappa shape index (κ3) is 5.40. The van der Waals surface area contributed by atoms with Gasteiger partial charge in [-0.2, -0.15) is 13.2 Å². The number of fused-ring (bicyclic) bond motifs is 2. The van der Waals surface area contributed by atoms with Gasteiger partial charge >= 0.3 is 6.18 Å². The van der Waals surface area contributed by atoms with E-state index in [4.69, 9.17) is 0 Å². The van der Waals surface area contributed by atoms with Crippen LogP contribution in [0.5, 0.6) is 0 Å². The van der Waals surface area contributed by atoms with Gasteiger partial charge in [-0.25, -0.2) is 0 Å². The molecular formula is C23H25F3N4O2. The zero-order chi connectivity index (χ0) is 22.7. The van der Waals surface area contributed by atoms with Gasteiger partial charge in [0.05, 0.1) is 23.4 Å². The molecule has 3 atom stereocenters. The topological polar surface area (TPSA) is 82.3 Å². The third-order valence-electron chi connectivity index (χ3n) is 5.89. The van der Waals surface area contributed by atoms with E-state index in [1.807, 2.05) is 0 Å². The Morgan fingerprint density at radius 1 is 1.00 bits per heavy atom. The molecule has 0 radical (unpaired) electrons. The Morgan fingerprint density at radius 2 is 1.72 bits per heavy atom. The summed E-state index contributed by atoms with van der Waals surface area (Å²) in [5.74, 6) is -0.742. The largest absolute Gasteiger partial charge is 0.416 e. The minimum atomic E-state index is -4.46. The number of hydrogen-bond donors (Lipinski definition) is 4. The molecule has 9 heteroatoms. The van der Waals surface area contributed by atoms with Crippen LogP contribution < -0.4 is 21.3 Å². The average molecular weight is 446 g/mol. The van der Waals surface area contributed by atoms with E-state index in [9.17, 15) is 22.8 Å². The summed E-state index contributed by atoms with van der Waals surface area (Å²) in [7, 11) is 0. The van der Waals surface area contributed by atoms with Crippen LogP contribution in [-0.4, -0.2) is 36.5 Å². The smallest absolute Gasteiger partial charge is 0.355 e. The first-order valence-electron chi connectivity index (χ1n) is 10.6. The molecule has 2 bridgehead atoms. The second-order valence-electron chi connectivity index (χ2n) is 8.31. The summed E-state index contributed by atoms with van der Waals surface area (Å²) in [6.45, 7) is -0.171. The van der Waals surface area contributed by atoms with Gasteiger partial charge in [0.15, 0.2) is 0 Å². The molecule has 2 heterocycles. The van der Waals surface area contributed by atoms with E-state index >= 15 is 0 Å². The van der Waals surface area contributed by atoms with E-state index in [2.05, 4.69) is 21.3 Å². The highest BCUT2D eigenvalue weighted by molar-refractivity contribution is 6.01. The van der Waals surface area contributed by atoms with Gasteiger partial charge in [-0.05, 0) is 56.0 Å². The fourth-order valence-corrected chi connectivity index (χ4v) is 4.43. The van der Waals surface area contributed by atoms with Crippen molar-refractivity contribution in [2.45, 2.75) is 50.0 Å². The zero-order valence-corrected chi connectivity index (χ0v) is 17.3. The maximum atomic E-state index is 13.0. The molecule has 0 aromatic heterocycles. The first kappa shape index (κ1) is 22.1. The maximum Gasteiger partial charge on any atom is 0.416 e. The fourth-order valence-electron chi connectivity index (χ4n) is 4.43. The fraction of sp³-hybridized carbons (Fsp3) is 0.391. The molecule has 2 aromatic carbocycles. The Kier molecular flexibility index (Phi) is 6.36. The van der Waals surface area contributed by atoms with E-state index in [0.717, 1.165) is 37.8 Å². The lowest BCUT2D eigenvalue weighted by Gasteiger charge is -2.29. The molecule has 4 N–H and O–H groups in total. The molecule has 2 saturated heterocycles. The molecular weight excluding hydrogens is 421 g/mol. The van der Waals surface area contributed by atoms with Gasteiger partial charge in [0.25, 0.3) is 5.91 Å². The number of carbonyl (C=O) groups is 2. The molecule has 32 heavy (non-hydrogen) atoms. The molecule has 170 valence electrons. The third-order valence-corrected chi connectivity index (χ3v) is 5.89. The van der Waals surface area contributed by atoms with Crippen molar-refractivity contribution < 1.29 is 22.8 Å². The Balaban J connectivity index is 1.36.